The van der Waals surface area contributed by atoms with Gasteiger partial charge >= 0.3 is 5.97 Å². The lowest BCUT2D eigenvalue weighted by molar-refractivity contribution is -0.304. The molecule has 10 heteroatoms. The van der Waals surface area contributed by atoms with Gasteiger partial charge in [0.2, 0.25) is 0 Å². The minimum atomic E-state index is -2.21. The third-order valence-corrected chi connectivity index (χ3v) is 3.73. The van der Waals surface area contributed by atoms with Crippen molar-refractivity contribution in [1.82, 2.24) is 5.32 Å². The number of carbonyl (C=O) groups excluding carboxylic acids is 1. The molecule has 1 unspecified atom stereocenters. The number of carbonyl (C=O) groups is 2. The van der Waals surface area contributed by atoms with E-state index in [-0.39, 0.29) is 12.3 Å². The number of aliphatic hydroxyl groups is 4. The maximum atomic E-state index is 11.4. The van der Waals surface area contributed by atoms with E-state index in [9.17, 15) is 30.0 Å². The topological polar surface area (TPSA) is 166 Å². The number of nitrogens with one attached hydrogen (secondary N) is 1. The van der Waals surface area contributed by atoms with Gasteiger partial charge in [-0.3, -0.25) is 4.79 Å². The second-order valence-electron chi connectivity index (χ2n) is 5.47. The van der Waals surface area contributed by atoms with Crippen LogP contribution < -0.4 is 5.32 Å². The first-order chi connectivity index (χ1) is 10.7. The zero-order chi connectivity index (χ0) is 17.8. The molecule has 0 radical (unpaired) electrons. The average molecular weight is 337 g/mol. The lowest BCUT2D eigenvalue weighted by Crippen LogP contribution is -2.67. The summed E-state index contributed by atoms with van der Waals surface area (Å²) in [5.74, 6) is -3.98. The summed E-state index contributed by atoms with van der Waals surface area (Å²) in [6.45, 7) is 0.341. The summed E-state index contributed by atoms with van der Waals surface area (Å²) in [5.41, 5.74) is 0. The highest BCUT2D eigenvalue weighted by molar-refractivity contribution is 5.77. The molecular formula is C13H23NO9. The summed E-state index contributed by atoms with van der Waals surface area (Å²) in [7, 11) is 1.07. The summed E-state index contributed by atoms with van der Waals surface area (Å²) in [4.78, 5) is 22.5. The van der Waals surface area contributed by atoms with Gasteiger partial charge in [-0.15, -0.1) is 0 Å². The first-order valence-electron chi connectivity index (χ1n) is 7.02. The second-order valence-corrected chi connectivity index (χ2v) is 5.47. The molecule has 10 nitrogen and oxygen atoms in total. The van der Waals surface area contributed by atoms with Crippen LogP contribution in [0.15, 0.2) is 0 Å². The Morgan fingerprint density at radius 3 is 2.48 bits per heavy atom. The Hall–Kier alpha value is -1.14. The molecule has 134 valence electrons. The van der Waals surface area contributed by atoms with Crippen LogP contribution in [-0.4, -0.2) is 93.8 Å². The number of Topliss-reactive ketones (excluding diaryl/α,β-unsaturated/α-hetero) is 1. The summed E-state index contributed by atoms with van der Waals surface area (Å²) >= 11 is 0. The molecule has 0 aliphatic carbocycles. The third-order valence-electron chi connectivity index (χ3n) is 3.73. The Labute approximate surface area is 132 Å². The van der Waals surface area contributed by atoms with Crippen LogP contribution in [0.1, 0.15) is 13.3 Å². The molecule has 0 spiro atoms. The van der Waals surface area contributed by atoms with Crippen LogP contribution >= 0.6 is 0 Å². The lowest BCUT2D eigenvalue weighted by Gasteiger charge is -2.46. The number of hydrogen-bond acceptors (Lipinski definition) is 9. The predicted octanol–water partition coefficient (Wildman–Crippen LogP) is -3.18. The van der Waals surface area contributed by atoms with Crippen molar-refractivity contribution in [2.45, 2.75) is 49.6 Å². The number of ether oxygens (including phenoxy) is 2. The van der Waals surface area contributed by atoms with Crippen LogP contribution in [0.4, 0.5) is 0 Å². The monoisotopic (exact) mass is 337 g/mol. The number of carboxylic acid groups (broad SMARTS) is 1. The van der Waals surface area contributed by atoms with Gasteiger partial charge in [-0.1, -0.05) is 0 Å². The van der Waals surface area contributed by atoms with Crippen LogP contribution in [0.2, 0.25) is 0 Å². The van der Waals surface area contributed by atoms with E-state index in [4.69, 9.17) is 14.6 Å². The Kier molecular flexibility index (Phi) is 7.02. The number of aliphatic hydroxyl groups excluding tert-OH is 4. The Morgan fingerprint density at radius 1 is 1.43 bits per heavy atom. The molecule has 0 amide bonds. The van der Waals surface area contributed by atoms with Crippen LogP contribution in [0.25, 0.3) is 0 Å². The van der Waals surface area contributed by atoms with Gasteiger partial charge in [0, 0.05) is 13.5 Å². The standard InChI is InChI=1S/C13H23NO9/c1-6(16)4-14-9-7(17)3-13(22-2,12(20)21)23-11(9)10(19)8(18)5-15/h7-11,14-15,17-19H,3-5H2,1-2H3,(H,20,21)/t7-,8+,9+,10?,11+,13+/m0/s1. The predicted molar refractivity (Wildman–Crippen MR) is 74.4 cm³/mol. The first kappa shape index (κ1) is 19.9. The van der Waals surface area contributed by atoms with E-state index < -0.39 is 55.2 Å². The van der Waals surface area contributed by atoms with Crippen molar-refractivity contribution in [2.75, 3.05) is 20.3 Å². The van der Waals surface area contributed by atoms with Crippen LogP contribution in [-0.2, 0) is 19.1 Å². The lowest BCUT2D eigenvalue weighted by atomic mass is 9.88. The van der Waals surface area contributed by atoms with Crippen LogP contribution in [0.3, 0.4) is 0 Å². The fraction of sp³-hybridized carbons (Fsp3) is 0.846. The molecule has 0 aromatic heterocycles. The van der Waals surface area contributed by atoms with Crippen molar-refractivity contribution in [3.63, 3.8) is 0 Å². The molecule has 1 fully saturated rings. The van der Waals surface area contributed by atoms with Gasteiger partial charge in [-0.2, -0.15) is 0 Å². The molecule has 0 saturated carbocycles. The maximum Gasteiger partial charge on any atom is 0.364 e. The van der Waals surface area contributed by atoms with E-state index in [1.54, 1.807) is 0 Å². The van der Waals surface area contributed by atoms with Crippen molar-refractivity contribution in [1.29, 1.82) is 0 Å². The van der Waals surface area contributed by atoms with Crippen LogP contribution in [0, 0.1) is 0 Å². The van der Waals surface area contributed by atoms with Gasteiger partial charge in [-0.05, 0) is 6.92 Å². The third kappa shape index (κ3) is 4.44. The summed E-state index contributed by atoms with van der Waals surface area (Å²) in [6, 6.07) is -1.04. The van der Waals surface area contributed by atoms with E-state index in [0.29, 0.717) is 0 Å². The highest BCUT2D eigenvalue weighted by atomic mass is 16.7. The molecule has 1 aliphatic heterocycles. The quantitative estimate of drug-likeness (QED) is 0.266. The number of aliphatic carboxylic acids is 1. The molecule has 0 aromatic carbocycles. The van der Waals surface area contributed by atoms with Gasteiger partial charge in [0.05, 0.1) is 25.3 Å². The summed E-state index contributed by atoms with van der Waals surface area (Å²) < 4.78 is 10.2. The van der Waals surface area contributed by atoms with Gasteiger partial charge in [0.15, 0.2) is 0 Å². The Morgan fingerprint density at radius 2 is 2.04 bits per heavy atom. The minimum absolute atomic E-state index is 0.156. The van der Waals surface area contributed by atoms with Gasteiger partial charge in [0.25, 0.3) is 5.79 Å². The smallest absolute Gasteiger partial charge is 0.364 e. The van der Waals surface area contributed by atoms with E-state index in [2.05, 4.69) is 5.32 Å². The zero-order valence-corrected chi connectivity index (χ0v) is 12.9. The number of carboxylic acids is 1. The molecule has 0 aromatic rings. The van der Waals surface area contributed by atoms with Gasteiger partial charge in [-0.25, -0.2) is 4.79 Å². The Balaban J connectivity index is 3.09. The molecule has 1 aliphatic rings. The van der Waals surface area contributed by atoms with E-state index in [0.717, 1.165) is 7.11 Å². The highest BCUT2D eigenvalue weighted by Crippen LogP contribution is 2.32. The van der Waals surface area contributed by atoms with E-state index in [1.165, 1.54) is 6.92 Å². The summed E-state index contributed by atoms with van der Waals surface area (Å²) in [5, 5.41) is 50.8. The van der Waals surface area contributed by atoms with Crippen molar-refractivity contribution < 1.29 is 44.6 Å². The number of hydrogen-bond donors (Lipinski definition) is 6. The fourth-order valence-corrected chi connectivity index (χ4v) is 2.44. The Bertz CT molecular complexity index is 432. The normalized spacial score (nSPS) is 33.9. The SMILES string of the molecule is CO[C@]1(C(=O)O)C[C@H](O)[C@@H](NCC(C)=O)[C@H](C(O)[C@H](O)CO)O1. The fourth-order valence-electron chi connectivity index (χ4n) is 2.44. The van der Waals surface area contributed by atoms with Gasteiger partial charge < -0.3 is 40.3 Å². The number of methoxy groups -OCH3 is 1. The number of ketones is 1. The molecule has 1 heterocycles. The summed E-state index contributed by atoms with van der Waals surface area (Å²) in [6.07, 6.45) is -6.57. The maximum absolute atomic E-state index is 11.4. The van der Waals surface area contributed by atoms with E-state index in [1.807, 2.05) is 0 Å². The molecule has 23 heavy (non-hydrogen) atoms. The zero-order valence-electron chi connectivity index (χ0n) is 12.9. The van der Waals surface area contributed by atoms with Crippen LogP contribution in [0.5, 0.6) is 0 Å². The average Bonchev–Trinajstić information content (AvgIpc) is 2.50. The molecule has 6 atom stereocenters. The van der Waals surface area contributed by atoms with Crippen molar-refractivity contribution >= 4 is 11.8 Å². The molecule has 1 rings (SSSR count). The molecular weight excluding hydrogens is 314 g/mol. The van der Waals surface area contributed by atoms with Crippen molar-refractivity contribution in [3.8, 4) is 0 Å². The van der Waals surface area contributed by atoms with Crippen molar-refractivity contribution in [3.05, 3.63) is 0 Å². The number of rotatable bonds is 8. The van der Waals surface area contributed by atoms with Crippen molar-refractivity contribution in [2.24, 2.45) is 0 Å². The first-order valence-corrected chi connectivity index (χ1v) is 7.02. The molecule has 6 N–H and O–H groups in total. The molecule has 1 saturated heterocycles. The second kappa shape index (κ2) is 8.11. The minimum Gasteiger partial charge on any atom is -0.477 e. The van der Waals surface area contributed by atoms with Gasteiger partial charge in [0.1, 0.15) is 24.1 Å². The largest absolute Gasteiger partial charge is 0.477 e. The molecule has 0 bridgehead atoms. The van der Waals surface area contributed by atoms with E-state index >= 15 is 0 Å². The highest BCUT2D eigenvalue weighted by Gasteiger charge is 2.54.